The molecule has 0 saturated carbocycles. The molecule has 0 aliphatic carbocycles. The molecule has 12 heteroatoms. The molecule has 9 rings (SSSR count). The predicted molar refractivity (Wildman–Crippen MR) is 163 cm³/mol. The van der Waals surface area contributed by atoms with Crippen LogP contribution >= 0.6 is 0 Å². The minimum atomic E-state index is -0.417. The first-order valence-electron chi connectivity index (χ1n) is 13.5. The van der Waals surface area contributed by atoms with Crippen LogP contribution < -0.4 is 0 Å². The molecule has 210 valence electrons. The fraction of sp³-hybridized carbons (Fsp3) is 0. The summed E-state index contributed by atoms with van der Waals surface area (Å²) in [5.41, 5.74) is 4.97. The average molecular weight is 661 g/mol. The van der Waals surface area contributed by atoms with E-state index in [9.17, 15) is 10.1 Å². The SMILES string of the molecule is O=[N+]([O-])c1cccc2c3nc4nc(nc5[nH]c(nc6nc(nc([nH]3)c12)-c1ccccc1-6)c1ccccc51)-c1ccccc1-4.[Ru]. The van der Waals surface area contributed by atoms with Crippen molar-refractivity contribution in [3.63, 3.8) is 0 Å². The van der Waals surface area contributed by atoms with Crippen molar-refractivity contribution in [3.05, 3.63) is 101 Å². The van der Waals surface area contributed by atoms with Crippen LogP contribution in [0, 0.1) is 10.1 Å². The minimum absolute atomic E-state index is 0. The molecule has 0 unspecified atom stereocenters. The standard InChI is InChI=1S/C32H17N9O2.Ru/c42-41(43)23-15-7-14-22-24(23)32-39-30-21-13-6-5-12-20(21)28(37-30)35-26-17-9-2-1-8-16(17)25(33-26)34-27-18-10-3-4-11-19(18)29(36-27)38-31(22)40-32;/h1-15H,(H2,33,34,35,36,37,38,39,40);. The Morgan fingerprint density at radius 2 is 0.864 bits per heavy atom. The molecule has 0 amide bonds. The Balaban J connectivity index is 0.00000289. The number of nitrogens with one attached hydrogen (secondary N) is 2. The summed E-state index contributed by atoms with van der Waals surface area (Å²) in [6.07, 6.45) is 0. The van der Waals surface area contributed by atoms with Crippen molar-refractivity contribution in [2.24, 2.45) is 0 Å². The van der Waals surface area contributed by atoms with Crippen LogP contribution in [-0.4, -0.2) is 44.8 Å². The van der Waals surface area contributed by atoms with E-state index in [1.54, 1.807) is 12.1 Å². The number of hydrogen-bond acceptors (Lipinski definition) is 8. The molecule has 0 saturated heterocycles. The Bertz CT molecular complexity index is 2520. The maximum absolute atomic E-state index is 12.1. The summed E-state index contributed by atoms with van der Waals surface area (Å²) in [6, 6.07) is 28.1. The van der Waals surface area contributed by atoms with Crippen LogP contribution in [0.4, 0.5) is 5.69 Å². The number of nitro groups is 1. The van der Waals surface area contributed by atoms with Crippen LogP contribution in [0.5, 0.6) is 0 Å². The number of nitro benzene ring substituents is 1. The molecule has 0 radical (unpaired) electrons. The zero-order valence-corrected chi connectivity index (χ0v) is 24.2. The van der Waals surface area contributed by atoms with Gasteiger partial charge in [-0.15, -0.1) is 0 Å². The number of non-ortho nitro benzene ring substituents is 1. The van der Waals surface area contributed by atoms with Crippen LogP contribution in [0.25, 0.3) is 89.7 Å². The Hall–Kier alpha value is -5.74. The summed E-state index contributed by atoms with van der Waals surface area (Å²) in [5.74, 6) is 1.78. The van der Waals surface area contributed by atoms with Crippen molar-refractivity contribution in [1.82, 2.24) is 39.9 Å². The van der Waals surface area contributed by atoms with Crippen molar-refractivity contribution in [2.45, 2.75) is 0 Å². The summed E-state index contributed by atoms with van der Waals surface area (Å²) in [4.78, 5) is 47.7. The molecule has 44 heavy (non-hydrogen) atoms. The number of hydrogen-bond donors (Lipinski definition) is 2. The second-order valence-electron chi connectivity index (χ2n) is 10.2. The van der Waals surface area contributed by atoms with Crippen LogP contribution in [0.15, 0.2) is 91.0 Å². The summed E-state index contributed by atoms with van der Waals surface area (Å²) in [6.45, 7) is 0. The van der Waals surface area contributed by atoms with Gasteiger partial charge in [-0.05, 0) is 0 Å². The quantitative estimate of drug-likeness (QED) is 0.111. The molecule has 3 aromatic heterocycles. The van der Waals surface area contributed by atoms with Gasteiger partial charge in [-0.2, -0.15) is 0 Å². The third-order valence-electron chi connectivity index (χ3n) is 7.75. The first-order valence-corrected chi connectivity index (χ1v) is 13.5. The normalized spacial score (nSPS) is 11.6. The molecule has 0 atom stereocenters. The van der Waals surface area contributed by atoms with E-state index in [4.69, 9.17) is 29.9 Å². The molecule has 7 aromatic rings. The van der Waals surface area contributed by atoms with E-state index in [0.717, 1.165) is 33.0 Å². The van der Waals surface area contributed by atoms with Gasteiger partial charge in [0, 0.05) is 64.0 Å². The molecule has 5 heterocycles. The zero-order valence-electron chi connectivity index (χ0n) is 22.5. The Morgan fingerprint density at radius 3 is 1.34 bits per heavy atom. The molecule has 11 nitrogen and oxygen atoms in total. The second kappa shape index (κ2) is 9.65. The maximum atomic E-state index is 12.1. The van der Waals surface area contributed by atoms with Gasteiger partial charge in [-0.3, -0.25) is 10.1 Å². The maximum Gasteiger partial charge on any atom is 0.281 e. The van der Waals surface area contributed by atoms with E-state index in [-0.39, 0.29) is 30.8 Å². The fourth-order valence-electron chi connectivity index (χ4n) is 5.82. The molecule has 0 spiro atoms. The Labute approximate surface area is 260 Å². The zero-order chi connectivity index (χ0) is 28.7. The second-order valence-corrected chi connectivity index (χ2v) is 10.2. The summed E-state index contributed by atoms with van der Waals surface area (Å²) in [5, 5.41) is 14.8. The third kappa shape index (κ3) is 3.78. The van der Waals surface area contributed by atoms with E-state index in [2.05, 4.69) is 9.97 Å². The van der Waals surface area contributed by atoms with Crippen LogP contribution in [0.2, 0.25) is 0 Å². The van der Waals surface area contributed by atoms with Crippen molar-refractivity contribution in [3.8, 4) is 45.6 Å². The van der Waals surface area contributed by atoms with E-state index in [1.165, 1.54) is 6.07 Å². The average Bonchev–Trinajstić information content (AvgIpc) is 3.76. The molecular formula is C32H17N9O2Ru. The number of aromatic amines is 2. The number of aromatic nitrogens is 8. The molecule has 8 bridgehead atoms. The van der Waals surface area contributed by atoms with Crippen molar-refractivity contribution < 1.29 is 24.4 Å². The molecular weight excluding hydrogens is 643 g/mol. The van der Waals surface area contributed by atoms with Gasteiger partial charge in [0.15, 0.2) is 23.3 Å². The number of H-pyrrole nitrogens is 2. The van der Waals surface area contributed by atoms with E-state index in [0.29, 0.717) is 51.0 Å². The topological polar surface area (TPSA) is 152 Å². The molecule has 2 aliphatic heterocycles. The monoisotopic (exact) mass is 661 g/mol. The minimum Gasteiger partial charge on any atom is -0.324 e. The molecule has 2 N–H and O–H groups in total. The summed E-state index contributed by atoms with van der Waals surface area (Å²) < 4.78 is 0. The molecule has 0 fully saturated rings. The Morgan fingerprint density at radius 1 is 0.477 bits per heavy atom. The van der Waals surface area contributed by atoms with Gasteiger partial charge >= 0.3 is 0 Å². The van der Waals surface area contributed by atoms with Crippen molar-refractivity contribution in [2.75, 3.05) is 0 Å². The van der Waals surface area contributed by atoms with Gasteiger partial charge in [0.2, 0.25) is 0 Å². The van der Waals surface area contributed by atoms with Gasteiger partial charge < -0.3 is 9.97 Å². The van der Waals surface area contributed by atoms with Gasteiger partial charge in [-0.1, -0.05) is 84.9 Å². The Kier molecular flexibility index (Phi) is 5.69. The number of benzene rings is 4. The predicted octanol–water partition coefficient (Wildman–Crippen LogP) is 6.77. The number of nitrogens with zero attached hydrogens (tertiary/aromatic N) is 7. The number of fused-ring (bicyclic) bond motifs is 20. The van der Waals surface area contributed by atoms with Gasteiger partial charge in [0.05, 0.1) is 4.92 Å². The molecule has 4 aromatic carbocycles. The smallest absolute Gasteiger partial charge is 0.281 e. The molecule has 2 aliphatic rings. The van der Waals surface area contributed by atoms with Gasteiger partial charge in [0.25, 0.3) is 5.69 Å². The van der Waals surface area contributed by atoms with Gasteiger partial charge in [0.1, 0.15) is 28.0 Å². The number of rotatable bonds is 1. The summed E-state index contributed by atoms with van der Waals surface area (Å²) >= 11 is 0. The first kappa shape index (κ1) is 25.9. The fourth-order valence-corrected chi connectivity index (χ4v) is 5.82. The van der Waals surface area contributed by atoms with E-state index < -0.39 is 4.92 Å². The van der Waals surface area contributed by atoms with Gasteiger partial charge in [-0.25, -0.2) is 29.9 Å². The summed E-state index contributed by atoms with van der Waals surface area (Å²) in [7, 11) is 0. The van der Waals surface area contributed by atoms with Crippen LogP contribution in [-0.2, 0) is 19.5 Å². The van der Waals surface area contributed by atoms with Crippen LogP contribution in [0.1, 0.15) is 0 Å². The van der Waals surface area contributed by atoms with E-state index in [1.807, 2.05) is 72.8 Å². The third-order valence-corrected chi connectivity index (χ3v) is 7.75. The van der Waals surface area contributed by atoms with Crippen molar-refractivity contribution in [1.29, 1.82) is 0 Å². The van der Waals surface area contributed by atoms with Crippen molar-refractivity contribution >= 4 is 49.8 Å². The van der Waals surface area contributed by atoms with Crippen LogP contribution in [0.3, 0.4) is 0 Å². The largest absolute Gasteiger partial charge is 0.324 e. The first-order chi connectivity index (χ1) is 21.1. The van der Waals surface area contributed by atoms with E-state index >= 15 is 0 Å².